The summed E-state index contributed by atoms with van der Waals surface area (Å²) in [5.74, 6) is -2.27. The zero-order valence-corrected chi connectivity index (χ0v) is 67.7. The Bertz CT molecular complexity index is 2350. The van der Waals surface area contributed by atoms with Crippen molar-refractivity contribution in [1.29, 1.82) is 0 Å². The lowest BCUT2D eigenvalue weighted by Crippen LogP contribution is -2.30. The number of carbonyl (C=O) groups excluding carboxylic acids is 4. The van der Waals surface area contributed by atoms with Crippen LogP contribution in [0.15, 0.2) is 97.2 Å². The van der Waals surface area contributed by atoms with Crippen molar-refractivity contribution in [2.75, 3.05) is 39.6 Å². The number of rotatable bonds is 78. The van der Waals surface area contributed by atoms with Gasteiger partial charge in [0.15, 0.2) is 12.2 Å². The zero-order chi connectivity index (χ0) is 76.0. The molecular weight excluding hydrogens is 1350 g/mol. The van der Waals surface area contributed by atoms with Crippen molar-refractivity contribution in [2.45, 2.75) is 380 Å². The highest BCUT2D eigenvalue weighted by molar-refractivity contribution is 7.47. The van der Waals surface area contributed by atoms with Gasteiger partial charge in [-0.25, -0.2) is 9.13 Å². The van der Waals surface area contributed by atoms with E-state index in [1.54, 1.807) is 0 Å². The smallest absolute Gasteiger partial charge is 0.462 e. The molecule has 0 aromatic carbocycles. The second-order valence-electron chi connectivity index (χ2n) is 27.7. The van der Waals surface area contributed by atoms with Gasteiger partial charge in [-0.1, -0.05) is 292 Å². The van der Waals surface area contributed by atoms with E-state index >= 15 is 0 Å². The number of phosphoric ester groups is 2. The molecule has 19 heteroatoms. The van der Waals surface area contributed by atoms with E-state index in [-0.39, 0.29) is 25.7 Å². The van der Waals surface area contributed by atoms with Gasteiger partial charge in [0.2, 0.25) is 0 Å². The summed E-state index contributed by atoms with van der Waals surface area (Å²) in [6.45, 7) is 4.77. The molecule has 17 nitrogen and oxygen atoms in total. The number of allylic oxidation sites excluding steroid dienone is 16. The molecule has 0 aliphatic carbocycles. The second kappa shape index (κ2) is 77.1. The molecule has 0 aromatic rings. The third kappa shape index (κ3) is 76.2. The summed E-state index contributed by atoms with van der Waals surface area (Å²) in [7, 11) is -9.98. The number of hydrogen-bond acceptors (Lipinski definition) is 15. The third-order valence-electron chi connectivity index (χ3n) is 17.5. The van der Waals surface area contributed by atoms with E-state index in [2.05, 4.69) is 113 Å². The standard InChI is InChI=1S/C85H150O17P2/c1-5-9-13-17-21-25-29-33-37-38-39-40-44-46-50-54-58-62-66-70-83(88)96-76-81(102-85(90)72-68-64-60-56-52-48-43-36-32-28-24-20-16-12-8-4)78-100-104(93,94)98-74-79(86)73-97-103(91,92)99-77-80(101-84(89)71-67-63-59-55-51-47-42-35-31-27-23-19-15-11-7-3)75-95-82(87)69-65-61-57-53-49-45-41-34-30-26-22-18-14-10-6-2/h21,25-27,30-31,33,36-37,39-40,43,46,50,58,62,79-81,86H,5-20,22-24,28-29,32,34-35,38,41-42,44-45,47-49,51-57,59-61,63-78H2,1-4H3,(H,91,92)(H,93,94)/b25-21-,30-26-,31-27-,37-33-,40-39-,43-36-,50-46-,62-58-/t79-,80+,81+/m0/s1. The lowest BCUT2D eigenvalue weighted by atomic mass is 10.1. The Morgan fingerprint density at radius 3 is 0.817 bits per heavy atom. The highest BCUT2D eigenvalue weighted by atomic mass is 31.2. The first kappa shape index (κ1) is 100.0. The topological polar surface area (TPSA) is 237 Å². The van der Waals surface area contributed by atoms with E-state index in [9.17, 15) is 43.2 Å². The van der Waals surface area contributed by atoms with E-state index in [4.69, 9.17) is 37.0 Å². The number of esters is 4. The number of unbranched alkanes of at least 4 members (excludes halogenated alkanes) is 36. The van der Waals surface area contributed by atoms with Gasteiger partial charge in [0.25, 0.3) is 0 Å². The number of hydrogen-bond donors (Lipinski definition) is 3. The van der Waals surface area contributed by atoms with Crippen LogP contribution in [0.5, 0.6) is 0 Å². The molecule has 0 heterocycles. The van der Waals surface area contributed by atoms with E-state index in [0.29, 0.717) is 32.1 Å². The fourth-order valence-electron chi connectivity index (χ4n) is 11.1. The highest BCUT2D eigenvalue weighted by Gasteiger charge is 2.30. The van der Waals surface area contributed by atoms with Gasteiger partial charge in [0, 0.05) is 25.7 Å². The first-order valence-corrected chi connectivity index (χ1v) is 44.5. The Kier molecular flexibility index (Phi) is 74.2. The first-order chi connectivity index (χ1) is 50.7. The number of ether oxygens (including phenoxy) is 4. The fourth-order valence-corrected chi connectivity index (χ4v) is 12.7. The molecule has 0 saturated heterocycles. The van der Waals surface area contributed by atoms with E-state index in [1.807, 2.05) is 12.2 Å². The average Bonchev–Trinajstić information content (AvgIpc) is 0.918. The molecular formula is C85H150O17P2. The van der Waals surface area contributed by atoms with Crippen molar-refractivity contribution >= 4 is 39.5 Å². The number of carbonyl (C=O) groups is 4. The van der Waals surface area contributed by atoms with Crippen molar-refractivity contribution in [3.05, 3.63) is 97.2 Å². The van der Waals surface area contributed by atoms with Crippen LogP contribution in [0.25, 0.3) is 0 Å². The Morgan fingerprint density at radius 2 is 0.490 bits per heavy atom. The van der Waals surface area contributed by atoms with Crippen LogP contribution < -0.4 is 0 Å². The van der Waals surface area contributed by atoms with Gasteiger partial charge in [-0.15, -0.1) is 0 Å². The monoisotopic (exact) mass is 1510 g/mol. The molecule has 0 bridgehead atoms. The third-order valence-corrected chi connectivity index (χ3v) is 19.4. The first-order valence-electron chi connectivity index (χ1n) is 41.5. The van der Waals surface area contributed by atoms with Gasteiger partial charge >= 0.3 is 39.5 Å². The van der Waals surface area contributed by atoms with Crippen molar-refractivity contribution in [1.82, 2.24) is 0 Å². The molecule has 0 rings (SSSR count). The minimum absolute atomic E-state index is 0.0371. The summed E-state index contributed by atoms with van der Waals surface area (Å²) in [5, 5.41) is 10.6. The molecule has 0 aliphatic rings. The van der Waals surface area contributed by atoms with Crippen molar-refractivity contribution in [2.24, 2.45) is 0 Å². The SMILES string of the molecule is CCCCC/C=C\C/C=C\C/C=C\C/C=C\C/C=C\CCC(=O)OC[C@H](COP(=O)(O)OC[C@@H](O)COP(=O)(O)OC[C@@H](COC(=O)CCCCCCCCC/C=C\CCCCCC)OC(=O)CCCCCCCCC/C=C\CCCCCC)OC(=O)CCCCCCC/C=C\CCCCCCCC. The predicted molar refractivity (Wildman–Crippen MR) is 427 cm³/mol. The van der Waals surface area contributed by atoms with Crippen molar-refractivity contribution in [3.63, 3.8) is 0 Å². The molecule has 0 aliphatic heterocycles. The van der Waals surface area contributed by atoms with Crippen LogP contribution in [-0.4, -0.2) is 96.7 Å². The molecule has 602 valence electrons. The Hall–Kier alpha value is -4.02. The van der Waals surface area contributed by atoms with Crippen LogP contribution in [0.1, 0.15) is 362 Å². The predicted octanol–water partition coefficient (Wildman–Crippen LogP) is 24.3. The van der Waals surface area contributed by atoms with Crippen molar-refractivity contribution < 1.29 is 80.2 Å². The number of aliphatic hydroxyl groups excluding tert-OH is 1. The van der Waals surface area contributed by atoms with Crippen LogP contribution in [0, 0.1) is 0 Å². The summed E-state index contributed by atoms with van der Waals surface area (Å²) < 4.78 is 68.6. The maximum Gasteiger partial charge on any atom is 0.472 e. The molecule has 5 atom stereocenters. The maximum atomic E-state index is 13.1. The minimum atomic E-state index is -4.99. The van der Waals surface area contributed by atoms with Gasteiger partial charge in [-0.3, -0.25) is 37.3 Å². The van der Waals surface area contributed by atoms with E-state index < -0.39 is 97.5 Å². The molecule has 3 N–H and O–H groups in total. The Labute approximate surface area is 633 Å². The van der Waals surface area contributed by atoms with Gasteiger partial charge in [-0.05, 0) is 141 Å². The molecule has 2 unspecified atom stereocenters. The van der Waals surface area contributed by atoms with Crippen LogP contribution in [0.3, 0.4) is 0 Å². The quantitative estimate of drug-likeness (QED) is 0.0169. The normalized spacial score (nSPS) is 14.3. The van der Waals surface area contributed by atoms with Gasteiger partial charge < -0.3 is 33.8 Å². The molecule has 0 aromatic heterocycles. The summed E-state index contributed by atoms with van der Waals surface area (Å²) in [4.78, 5) is 73.1. The molecule has 0 spiro atoms. The molecule has 0 amide bonds. The largest absolute Gasteiger partial charge is 0.472 e. The summed E-state index contributed by atoms with van der Waals surface area (Å²) in [6.07, 6.45) is 82.4. The van der Waals surface area contributed by atoms with Crippen LogP contribution in [-0.2, 0) is 65.4 Å². The van der Waals surface area contributed by atoms with Crippen LogP contribution in [0.2, 0.25) is 0 Å². The summed E-state index contributed by atoms with van der Waals surface area (Å²) in [6, 6.07) is 0. The zero-order valence-electron chi connectivity index (χ0n) is 65.9. The lowest BCUT2D eigenvalue weighted by molar-refractivity contribution is -0.161. The highest BCUT2D eigenvalue weighted by Crippen LogP contribution is 2.45. The van der Waals surface area contributed by atoms with Gasteiger partial charge in [0.1, 0.15) is 19.3 Å². The van der Waals surface area contributed by atoms with E-state index in [0.717, 1.165) is 154 Å². The Morgan fingerprint density at radius 1 is 0.269 bits per heavy atom. The van der Waals surface area contributed by atoms with Crippen LogP contribution in [0.4, 0.5) is 0 Å². The molecule has 104 heavy (non-hydrogen) atoms. The minimum Gasteiger partial charge on any atom is -0.462 e. The number of phosphoric acid groups is 2. The molecule has 0 radical (unpaired) electrons. The van der Waals surface area contributed by atoms with Crippen molar-refractivity contribution in [3.8, 4) is 0 Å². The Balaban J connectivity index is 5.42. The fraction of sp³-hybridized carbons (Fsp3) is 0.765. The lowest BCUT2D eigenvalue weighted by Gasteiger charge is -2.21. The van der Waals surface area contributed by atoms with Gasteiger partial charge in [-0.2, -0.15) is 0 Å². The summed E-state index contributed by atoms with van der Waals surface area (Å²) >= 11 is 0. The second-order valence-corrected chi connectivity index (χ2v) is 30.6. The van der Waals surface area contributed by atoms with E-state index in [1.165, 1.54) is 122 Å². The molecule has 0 fully saturated rings. The average molecular weight is 1510 g/mol. The maximum absolute atomic E-state index is 13.1. The van der Waals surface area contributed by atoms with Crippen LogP contribution >= 0.6 is 15.6 Å². The number of aliphatic hydroxyl groups is 1. The van der Waals surface area contributed by atoms with Gasteiger partial charge in [0.05, 0.1) is 26.4 Å². The summed E-state index contributed by atoms with van der Waals surface area (Å²) in [5.41, 5.74) is 0. The molecule has 0 saturated carbocycles.